The molecule has 0 saturated heterocycles. The predicted molar refractivity (Wildman–Crippen MR) is 87.3 cm³/mol. The second-order valence-electron chi connectivity index (χ2n) is 6.45. The molecule has 22 heavy (non-hydrogen) atoms. The van der Waals surface area contributed by atoms with Crippen LogP contribution in [0.3, 0.4) is 0 Å². The van der Waals surface area contributed by atoms with Gasteiger partial charge in [-0.05, 0) is 56.9 Å². The SMILES string of the molecule is CC(C)(C)OC(=O)CCCCOc1cc2c(cc1N)C=NC2. The van der Waals surface area contributed by atoms with Gasteiger partial charge in [0.05, 0.1) is 18.8 Å². The van der Waals surface area contributed by atoms with Gasteiger partial charge in [-0.1, -0.05) is 0 Å². The molecule has 0 aliphatic carbocycles. The number of esters is 1. The number of hydrogen-bond donors (Lipinski definition) is 1. The Kier molecular flexibility index (Phi) is 5.06. The number of ether oxygens (including phenoxy) is 2. The Bertz CT molecular complexity index is 574. The maximum Gasteiger partial charge on any atom is 0.306 e. The van der Waals surface area contributed by atoms with Gasteiger partial charge in [-0.2, -0.15) is 0 Å². The Morgan fingerprint density at radius 3 is 2.82 bits per heavy atom. The predicted octanol–water partition coefficient (Wildman–Crippen LogP) is 3.09. The monoisotopic (exact) mass is 304 g/mol. The summed E-state index contributed by atoms with van der Waals surface area (Å²) in [5.41, 5.74) is 8.37. The lowest BCUT2D eigenvalue weighted by Crippen LogP contribution is -2.23. The molecule has 0 atom stereocenters. The first-order valence-electron chi connectivity index (χ1n) is 7.62. The van der Waals surface area contributed by atoms with Crippen LogP contribution in [0, 0.1) is 0 Å². The van der Waals surface area contributed by atoms with Crippen molar-refractivity contribution in [2.75, 3.05) is 12.3 Å². The van der Waals surface area contributed by atoms with E-state index in [2.05, 4.69) is 4.99 Å². The number of nitrogens with two attached hydrogens (primary N) is 1. The lowest BCUT2D eigenvalue weighted by atomic mass is 10.1. The second-order valence-corrected chi connectivity index (χ2v) is 6.45. The maximum atomic E-state index is 11.6. The molecule has 0 amide bonds. The highest BCUT2D eigenvalue weighted by atomic mass is 16.6. The lowest BCUT2D eigenvalue weighted by molar-refractivity contribution is -0.154. The van der Waals surface area contributed by atoms with E-state index in [1.165, 1.54) is 0 Å². The number of carbonyl (C=O) groups is 1. The van der Waals surface area contributed by atoms with Crippen LogP contribution in [-0.4, -0.2) is 24.4 Å². The van der Waals surface area contributed by atoms with Gasteiger partial charge in [-0.15, -0.1) is 0 Å². The Labute approximate surface area is 131 Å². The Hall–Kier alpha value is -2.04. The minimum absolute atomic E-state index is 0.165. The summed E-state index contributed by atoms with van der Waals surface area (Å²) in [6.45, 7) is 6.83. The van der Waals surface area contributed by atoms with E-state index in [9.17, 15) is 4.79 Å². The van der Waals surface area contributed by atoms with Crippen LogP contribution in [0.1, 0.15) is 51.2 Å². The molecule has 2 N–H and O–H groups in total. The highest BCUT2D eigenvalue weighted by molar-refractivity contribution is 5.86. The molecule has 5 heteroatoms. The molecule has 1 aromatic carbocycles. The van der Waals surface area contributed by atoms with Crippen LogP contribution >= 0.6 is 0 Å². The molecule has 2 rings (SSSR count). The summed E-state index contributed by atoms with van der Waals surface area (Å²) in [6.07, 6.45) is 3.76. The zero-order chi connectivity index (χ0) is 16.2. The van der Waals surface area contributed by atoms with E-state index in [1.54, 1.807) is 0 Å². The van der Waals surface area contributed by atoms with Crippen molar-refractivity contribution >= 4 is 17.9 Å². The fourth-order valence-corrected chi connectivity index (χ4v) is 2.23. The van der Waals surface area contributed by atoms with E-state index < -0.39 is 5.60 Å². The molecule has 0 aromatic heterocycles. The molecular formula is C17H24N2O3. The summed E-state index contributed by atoms with van der Waals surface area (Å²) in [5, 5.41) is 0. The van der Waals surface area contributed by atoms with Crippen molar-refractivity contribution < 1.29 is 14.3 Å². The molecule has 0 radical (unpaired) electrons. The van der Waals surface area contributed by atoms with Crippen molar-refractivity contribution in [1.82, 2.24) is 0 Å². The number of unbranched alkanes of at least 4 members (excludes halogenated alkanes) is 1. The molecule has 0 saturated carbocycles. The van der Waals surface area contributed by atoms with Gasteiger partial charge < -0.3 is 15.2 Å². The Morgan fingerprint density at radius 2 is 2.09 bits per heavy atom. The zero-order valence-corrected chi connectivity index (χ0v) is 13.5. The minimum atomic E-state index is -0.422. The summed E-state index contributed by atoms with van der Waals surface area (Å²) in [5.74, 6) is 0.531. The van der Waals surface area contributed by atoms with Gasteiger partial charge in [0.2, 0.25) is 0 Å². The van der Waals surface area contributed by atoms with Crippen LogP contribution in [0.25, 0.3) is 0 Å². The van der Waals surface area contributed by atoms with Crippen LogP contribution in [0.5, 0.6) is 5.75 Å². The number of nitrogens with zero attached hydrogens (tertiary/aromatic N) is 1. The largest absolute Gasteiger partial charge is 0.491 e. The third-order valence-electron chi connectivity index (χ3n) is 3.22. The number of nitrogen functional groups attached to an aromatic ring is 1. The third-order valence-corrected chi connectivity index (χ3v) is 3.22. The van der Waals surface area contributed by atoms with E-state index in [-0.39, 0.29) is 5.97 Å². The topological polar surface area (TPSA) is 73.9 Å². The van der Waals surface area contributed by atoms with Crippen LogP contribution in [0.15, 0.2) is 17.1 Å². The summed E-state index contributed by atoms with van der Waals surface area (Å²) in [7, 11) is 0. The molecule has 120 valence electrons. The zero-order valence-electron chi connectivity index (χ0n) is 13.5. The maximum absolute atomic E-state index is 11.6. The van der Waals surface area contributed by atoms with Crippen molar-refractivity contribution in [2.24, 2.45) is 4.99 Å². The lowest BCUT2D eigenvalue weighted by Gasteiger charge is -2.19. The van der Waals surface area contributed by atoms with E-state index in [4.69, 9.17) is 15.2 Å². The molecule has 5 nitrogen and oxygen atoms in total. The first-order valence-corrected chi connectivity index (χ1v) is 7.62. The average Bonchev–Trinajstić information content (AvgIpc) is 2.83. The summed E-state index contributed by atoms with van der Waals surface area (Å²) >= 11 is 0. The van der Waals surface area contributed by atoms with Gasteiger partial charge >= 0.3 is 5.97 Å². The van der Waals surface area contributed by atoms with E-state index in [0.717, 1.165) is 24.0 Å². The molecule has 0 spiro atoms. The summed E-state index contributed by atoms with van der Waals surface area (Å²) in [4.78, 5) is 15.8. The fourth-order valence-electron chi connectivity index (χ4n) is 2.23. The first-order chi connectivity index (χ1) is 10.3. The highest BCUT2D eigenvalue weighted by Crippen LogP contribution is 2.28. The molecule has 1 aliphatic heterocycles. The van der Waals surface area contributed by atoms with Gasteiger partial charge in [-0.3, -0.25) is 9.79 Å². The summed E-state index contributed by atoms with van der Waals surface area (Å²) in [6, 6.07) is 3.84. The fraction of sp³-hybridized carbons (Fsp3) is 0.529. The van der Waals surface area contributed by atoms with Gasteiger partial charge in [0.1, 0.15) is 11.4 Å². The summed E-state index contributed by atoms with van der Waals surface area (Å²) < 4.78 is 11.0. The van der Waals surface area contributed by atoms with E-state index in [0.29, 0.717) is 31.0 Å². The normalized spacial score (nSPS) is 13.0. The number of aliphatic imine (C=N–C) groups is 1. The van der Waals surface area contributed by atoms with Gasteiger partial charge in [0.15, 0.2) is 0 Å². The number of hydrogen-bond acceptors (Lipinski definition) is 5. The van der Waals surface area contributed by atoms with Crippen LogP contribution < -0.4 is 10.5 Å². The average molecular weight is 304 g/mol. The van der Waals surface area contributed by atoms with Gasteiger partial charge in [-0.25, -0.2) is 0 Å². The number of rotatable bonds is 6. The number of anilines is 1. The quantitative estimate of drug-likeness (QED) is 0.498. The molecular weight excluding hydrogens is 280 g/mol. The number of benzene rings is 1. The second kappa shape index (κ2) is 6.81. The molecule has 1 aliphatic rings. The van der Waals surface area contributed by atoms with Crippen LogP contribution in [-0.2, 0) is 16.1 Å². The van der Waals surface area contributed by atoms with Crippen molar-refractivity contribution in [3.05, 3.63) is 23.3 Å². The van der Waals surface area contributed by atoms with Gasteiger partial charge in [0.25, 0.3) is 0 Å². The minimum Gasteiger partial charge on any atom is -0.491 e. The highest BCUT2D eigenvalue weighted by Gasteiger charge is 2.15. The van der Waals surface area contributed by atoms with E-state index in [1.807, 2.05) is 39.1 Å². The Balaban J connectivity index is 1.71. The van der Waals surface area contributed by atoms with E-state index >= 15 is 0 Å². The van der Waals surface area contributed by atoms with Crippen molar-refractivity contribution in [1.29, 1.82) is 0 Å². The Morgan fingerprint density at radius 1 is 1.32 bits per heavy atom. The van der Waals surface area contributed by atoms with Crippen LogP contribution in [0.4, 0.5) is 5.69 Å². The smallest absolute Gasteiger partial charge is 0.306 e. The molecule has 0 fully saturated rings. The third kappa shape index (κ3) is 4.76. The van der Waals surface area contributed by atoms with Gasteiger partial charge in [0, 0.05) is 12.6 Å². The first kappa shape index (κ1) is 16.3. The molecule has 0 bridgehead atoms. The molecule has 1 aromatic rings. The van der Waals surface area contributed by atoms with Crippen molar-refractivity contribution in [3.63, 3.8) is 0 Å². The number of carbonyl (C=O) groups excluding carboxylic acids is 1. The molecule has 0 unspecified atom stereocenters. The van der Waals surface area contributed by atoms with Crippen molar-refractivity contribution in [3.8, 4) is 5.75 Å². The standard InChI is InChI=1S/C17H24N2O3/c1-17(2,3)22-16(20)6-4-5-7-21-15-9-13-11-19-10-12(13)8-14(15)18/h8-10H,4-7,11,18H2,1-3H3. The number of fused-ring (bicyclic) bond motifs is 1. The van der Waals surface area contributed by atoms with Crippen molar-refractivity contribution in [2.45, 2.75) is 52.2 Å². The van der Waals surface area contributed by atoms with Crippen LogP contribution in [0.2, 0.25) is 0 Å². The molecule has 1 heterocycles.